The van der Waals surface area contributed by atoms with Crippen LogP contribution < -0.4 is 9.46 Å². The van der Waals surface area contributed by atoms with Crippen molar-refractivity contribution >= 4 is 31.6 Å². The van der Waals surface area contributed by atoms with E-state index in [1.54, 1.807) is 27.1 Å². The van der Waals surface area contributed by atoms with Crippen LogP contribution in [0.1, 0.15) is 19.4 Å². The molecule has 16 heteroatoms. The van der Waals surface area contributed by atoms with Crippen LogP contribution >= 0.6 is 0 Å². The van der Waals surface area contributed by atoms with Crippen molar-refractivity contribution in [2.24, 2.45) is 20.0 Å². The Hall–Kier alpha value is -3.47. The molecule has 1 aliphatic heterocycles. The maximum absolute atomic E-state index is 13.4. The van der Waals surface area contributed by atoms with E-state index in [4.69, 9.17) is 4.74 Å². The van der Waals surface area contributed by atoms with E-state index >= 15 is 0 Å². The molecule has 0 saturated carbocycles. The van der Waals surface area contributed by atoms with E-state index in [-0.39, 0.29) is 53.7 Å². The highest BCUT2D eigenvalue weighted by Gasteiger charge is 2.34. The van der Waals surface area contributed by atoms with Gasteiger partial charge in [-0.05, 0) is 25.1 Å². The summed E-state index contributed by atoms with van der Waals surface area (Å²) in [6, 6.07) is 4.06. The Morgan fingerprint density at radius 1 is 1.12 bits per heavy atom. The average Bonchev–Trinajstić information content (AvgIpc) is 3.56. The van der Waals surface area contributed by atoms with Gasteiger partial charge in [-0.2, -0.15) is 12.7 Å². The third kappa shape index (κ3) is 6.72. The van der Waals surface area contributed by atoms with Crippen molar-refractivity contribution in [1.29, 1.82) is 0 Å². The SMILES string of the molecule is C[C@@H]1CN([C@@H](C)CO)C(=O)Cc2cc(NS(=O)(=O)c3cn(C)cn3)ccc2O[C@H]1CN(C)S(=O)(=O)c1cn(C)cn1. The number of sulfonamides is 2. The molecule has 4 rings (SSSR count). The molecule has 224 valence electrons. The maximum atomic E-state index is 13.4. The second-order valence-corrected chi connectivity index (χ2v) is 14.0. The number of ether oxygens (including phenoxy) is 1. The molecule has 2 N–H and O–H groups in total. The fourth-order valence-electron chi connectivity index (χ4n) is 4.48. The van der Waals surface area contributed by atoms with Gasteiger partial charge in [0.2, 0.25) is 5.91 Å². The number of likely N-dealkylation sites (N-methyl/N-ethyl adjacent to an activating group) is 1. The fourth-order valence-corrected chi connectivity index (χ4v) is 6.65. The predicted octanol–water partition coefficient (Wildman–Crippen LogP) is 0.424. The average molecular weight is 610 g/mol. The Labute approximate surface area is 239 Å². The topological polar surface area (TPSA) is 169 Å². The molecular formula is C25H35N7O7S2. The van der Waals surface area contributed by atoms with Gasteiger partial charge >= 0.3 is 0 Å². The Morgan fingerprint density at radius 2 is 1.76 bits per heavy atom. The summed E-state index contributed by atoms with van der Waals surface area (Å²) in [4.78, 5) is 22.8. The van der Waals surface area contributed by atoms with Gasteiger partial charge in [0, 0.05) is 57.3 Å². The van der Waals surface area contributed by atoms with Gasteiger partial charge in [-0.1, -0.05) is 6.92 Å². The van der Waals surface area contributed by atoms with Crippen LogP contribution in [-0.4, -0.2) is 95.0 Å². The number of aliphatic hydroxyl groups excluding tert-OH is 1. The van der Waals surface area contributed by atoms with Crippen molar-refractivity contribution in [3.8, 4) is 5.75 Å². The van der Waals surface area contributed by atoms with E-state index in [1.807, 2.05) is 6.92 Å². The second kappa shape index (κ2) is 11.8. The number of nitrogens with one attached hydrogen (secondary N) is 1. The molecule has 41 heavy (non-hydrogen) atoms. The summed E-state index contributed by atoms with van der Waals surface area (Å²) in [6.45, 7) is 3.44. The molecule has 1 amide bonds. The standard InChI is InChI=1S/C25H35N7O7S2/c1-17-10-32(18(2)14-33)25(34)9-19-8-20(28-40(35,36)23-12-29(3)15-26-23)6-7-21(19)39-22(17)11-31(5)41(37,38)24-13-30(4)16-27-24/h6-8,12-13,15-18,22,28,33H,9-11,14H2,1-5H3/t17-,18+,22+/m1/s1. The van der Waals surface area contributed by atoms with Gasteiger partial charge in [0.1, 0.15) is 11.9 Å². The van der Waals surface area contributed by atoms with Crippen molar-refractivity contribution in [2.45, 2.75) is 42.5 Å². The number of carbonyl (C=O) groups excluding carboxylic acids is 1. The summed E-state index contributed by atoms with van der Waals surface area (Å²) >= 11 is 0. The lowest BCUT2D eigenvalue weighted by atomic mass is 10.0. The zero-order valence-corrected chi connectivity index (χ0v) is 25.1. The van der Waals surface area contributed by atoms with Crippen LogP contribution in [0.25, 0.3) is 0 Å². The van der Waals surface area contributed by atoms with E-state index in [1.165, 1.54) is 58.3 Å². The largest absolute Gasteiger partial charge is 0.488 e. The first-order chi connectivity index (χ1) is 19.2. The normalized spacial score (nSPS) is 19.2. The first-order valence-corrected chi connectivity index (χ1v) is 15.8. The third-order valence-electron chi connectivity index (χ3n) is 6.92. The highest BCUT2D eigenvalue weighted by molar-refractivity contribution is 7.92. The fraction of sp³-hybridized carbons (Fsp3) is 0.480. The van der Waals surface area contributed by atoms with E-state index in [2.05, 4.69) is 14.7 Å². The summed E-state index contributed by atoms with van der Waals surface area (Å²) in [5.74, 6) is -0.316. The molecule has 1 aliphatic rings. The number of nitrogens with zero attached hydrogens (tertiary/aromatic N) is 6. The van der Waals surface area contributed by atoms with Gasteiger partial charge < -0.3 is 23.9 Å². The van der Waals surface area contributed by atoms with Crippen molar-refractivity contribution in [3.63, 3.8) is 0 Å². The maximum Gasteiger partial charge on any atom is 0.280 e. The van der Waals surface area contributed by atoms with Crippen LogP contribution in [0.2, 0.25) is 0 Å². The number of imidazole rings is 2. The van der Waals surface area contributed by atoms with Crippen LogP contribution in [-0.2, 0) is 45.4 Å². The molecule has 0 fully saturated rings. The number of fused-ring (bicyclic) bond motifs is 1. The Morgan fingerprint density at radius 3 is 2.34 bits per heavy atom. The number of hydrogen-bond donors (Lipinski definition) is 2. The molecule has 3 atom stereocenters. The molecule has 3 aromatic rings. The number of hydrogen-bond acceptors (Lipinski definition) is 9. The van der Waals surface area contributed by atoms with Gasteiger partial charge in [-0.3, -0.25) is 9.52 Å². The first-order valence-electron chi connectivity index (χ1n) is 12.9. The smallest absolute Gasteiger partial charge is 0.280 e. The molecule has 0 unspecified atom stereocenters. The molecule has 3 heterocycles. The lowest BCUT2D eigenvalue weighted by Gasteiger charge is -2.33. The zero-order valence-electron chi connectivity index (χ0n) is 23.5. The minimum atomic E-state index is -3.99. The quantitative estimate of drug-likeness (QED) is 0.349. The van der Waals surface area contributed by atoms with Crippen molar-refractivity contribution < 1.29 is 31.5 Å². The van der Waals surface area contributed by atoms with Gasteiger partial charge in [-0.15, -0.1) is 0 Å². The summed E-state index contributed by atoms with van der Waals surface area (Å²) in [6.07, 6.45) is 4.71. The van der Waals surface area contributed by atoms with Gasteiger partial charge in [0.05, 0.1) is 38.3 Å². The van der Waals surface area contributed by atoms with Crippen LogP contribution in [0.15, 0.2) is 53.3 Å². The van der Waals surface area contributed by atoms with Crippen LogP contribution in [0, 0.1) is 5.92 Å². The molecule has 0 bridgehead atoms. The Bertz CT molecular complexity index is 1620. The number of anilines is 1. The number of aromatic nitrogens is 4. The minimum absolute atomic E-state index is 0.0525. The summed E-state index contributed by atoms with van der Waals surface area (Å²) < 4.78 is 65.1. The Balaban J connectivity index is 1.68. The number of aliphatic hydroxyl groups is 1. The van der Waals surface area contributed by atoms with Gasteiger partial charge in [0.15, 0.2) is 10.1 Å². The van der Waals surface area contributed by atoms with Crippen molar-refractivity contribution in [3.05, 3.63) is 48.8 Å². The van der Waals surface area contributed by atoms with E-state index in [0.717, 1.165) is 4.31 Å². The minimum Gasteiger partial charge on any atom is -0.488 e. The highest BCUT2D eigenvalue weighted by Crippen LogP contribution is 2.30. The third-order valence-corrected chi connectivity index (χ3v) is 9.89. The van der Waals surface area contributed by atoms with Crippen molar-refractivity contribution in [1.82, 2.24) is 28.3 Å². The lowest BCUT2D eigenvalue weighted by molar-refractivity contribution is -0.134. The van der Waals surface area contributed by atoms with E-state index in [9.17, 15) is 26.7 Å². The number of benzene rings is 1. The van der Waals surface area contributed by atoms with Gasteiger partial charge in [0.25, 0.3) is 20.0 Å². The summed E-state index contributed by atoms with van der Waals surface area (Å²) in [7, 11) is -3.17. The number of rotatable bonds is 9. The first kappa shape index (κ1) is 30.5. The lowest BCUT2D eigenvalue weighted by Crippen LogP contribution is -2.48. The molecule has 0 spiro atoms. The molecule has 14 nitrogen and oxygen atoms in total. The molecule has 0 aliphatic carbocycles. The number of amides is 1. The highest BCUT2D eigenvalue weighted by atomic mass is 32.2. The zero-order chi connectivity index (χ0) is 30.1. The Kier molecular flexibility index (Phi) is 8.77. The van der Waals surface area contributed by atoms with E-state index in [0.29, 0.717) is 11.3 Å². The predicted molar refractivity (Wildman–Crippen MR) is 149 cm³/mol. The van der Waals surface area contributed by atoms with Crippen LogP contribution in [0.4, 0.5) is 5.69 Å². The molecular weight excluding hydrogens is 574 g/mol. The van der Waals surface area contributed by atoms with Crippen molar-refractivity contribution in [2.75, 3.05) is 31.5 Å². The molecule has 1 aromatic carbocycles. The monoisotopic (exact) mass is 609 g/mol. The molecule has 2 aromatic heterocycles. The molecule has 0 radical (unpaired) electrons. The molecule has 0 saturated heterocycles. The van der Waals surface area contributed by atoms with E-state index < -0.39 is 32.2 Å². The van der Waals surface area contributed by atoms with Crippen LogP contribution in [0.3, 0.4) is 0 Å². The second-order valence-electron chi connectivity index (χ2n) is 10.4. The van der Waals surface area contributed by atoms with Gasteiger partial charge in [-0.25, -0.2) is 18.4 Å². The summed E-state index contributed by atoms with van der Waals surface area (Å²) in [5, 5.41) is 9.58. The number of aryl methyl sites for hydroxylation is 2. The summed E-state index contributed by atoms with van der Waals surface area (Å²) in [5.41, 5.74) is 0.604. The number of carbonyl (C=O) groups is 1. The van der Waals surface area contributed by atoms with Crippen LogP contribution in [0.5, 0.6) is 5.75 Å².